The van der Waals surface area contributed by atoms with E-state index in [1.165, 1.54) is 4.31 Å². The summed E-state index contributed by atoms with van der Waals surface area (Å²) in [4.78, 5) is 0. The molecule has 2 aliphatic rings. The van der Waals surface area contributed by atoms with Gasteiger partial charge in [0.2, 0.25) is 10.0 Å². The molecule has 5 heteroatoms. The van der Waals surface area contributed by atoms with Crippen molar-refractivity contribution in [1.82, 2.24) is 4.31 Å². The standard InChI is InChI=1S/C7H13NO3S/c9-6-3-4-8(5-6)12(10,11)7-1-2-7/h6-7,9H,1-5H2. The minimum absolute atomic E-state index is 0.136. The molecule has 0 radical (unpaired) electrons. The molecule has 1 unspecified atom stereocenters. The van der Waals surface area contributed by atoms with Crippen molar-refractivity contribution in [3.63, 3.8) is 0 Å². The average molecular weight is 191 g/mol. The average Bonchev–Trinajstić information content (AvgIpc) is 2.75. The smallest absolute Gasteiger partial charge is 0.217 e. The van der Waals surface area contributed by atoms with E-state index < -0.39 is 16.1 Å². The molecule has 1 atom stereocenters. The Labute approximate surface area is 72.2 Å². The van der Waals surface area contributed by atoms with E-state index in [1.807, 2.05) is 0 Å². The molecule has 0 aromatic rings. The van der Waals surface area contributed by atoms with Gasteiger partial charge in [0, 0.05) is 13.1 Å². The third-order valence-electron chi connectivity index (χ3n) is 2.43. The highest BCUT2D eigenvalue weighted by molar-refractivity contribution is 7.90. The lowest BCUT2D eigenvalue weighted by Gasteiger charge is -2.14. The Balaban J connectivity index is 2.08. The molecule has 0 amide bonds. The molecule has 1 saturated heterocycles. The monoisotopic (exact) mass is 191 g/mol. The molecular formula is C7H13NO3S. The molecule has 1 aliphatic carbocycles. The quantitative estimate of drug-likeness (QED) is 0.643. The van der Waals surface area contributed by atoms with Crippen LogP contribution in [0.5, 0.6) is 0 Å². The number of aliphatic hydroxyl groups is 1. The summed E-state index contributed by atoms with van der Waals surface area (Å²) in [6, 6.07) is 0. The highest BCUT2D eigenvalue weighted by atomic mass is 32.2. The van der Waals surface area contributed by atoms with Crippen molar-refractivity contribution in [2.45, 2.75) is 30.6 Å². The number of hydrogen-bond acceptors (Lipinski definition) is 3. The van der Waals surface area contributed by atoms with Crippen LogP contribution in [0.4, 0.5) is 0 Å². The van der Waals surface area contributed by atoms with Crippen LogP contribution >= 0.6 is 0 Å². The molecule has 1 aliphatic heterocycles. The van der Waals surface area contributed by atoms with Crippen LogP contribution in [0.1, 0.15) is 19.3 Å². The summed E-state index contributed by atoms with van der Waals surface area (Å²) in [7, 11) is -3.03. The Morgan fingerprint density at radius 3 is 2.33 bits per heavy atom. The van der Waals surface area contributed by atoms with Crippen LogP contribution in [0.2, 0.25) is 0 Å². The fourth-order valence-electron chi connectivity index (χ4n) is 1.52. The second-order valence-electron chi connectivity index (χ2n) is 3.54. The fraction of sp³-hybridized carbons (Fsp3) is 1.00. The molecule has 0 aromatic heterocycles. The summed E-state index contributed by atoms with van der Waals surface area (Å²) < 4.78 is 24.5. The third-order valence-corrected chi connectivity index (χ3v) is 4.80. The molecule has 1 N–H and O–H groups in total. The van der Waals surface area contributed by atoms with Crippen molar-refractivity contribution in [3.8, 4) is 0 Å². The zero-order valence-corrected chi connectivity index (χ0v) is 7.63. The summed E-state index contributed by atoms with van der Waals surface area (Å²) in [5, 5.41) is 9.02. The van der Waals surface area contributed by atoms with Crippen LogP contribution in [0.15, 0.2) is 0 Å². The van der Waals surface area contributed by atoms with Gasteiger partial charge in [-0.25, -0.2) is 8.42 Å². The highest BCUT2D eigenvalue weighted by Crippen LogP contribution is 2.32. The van der Waals surface area contributed by atoms with Gasteiger partial charge in [-0.2, -0.15) is 4.31 Å². The number of sulfonamides is 1. The van der Waals surface area contributed by atoms with Gasteiger partial charge in [0.15, 0.2) is 0 Å². The van der Waals surface area contributed by atoms with Gasteiger partial charge in [0.25, 0.3) is 0 Å². The SMILES string of the molecule is O=S(=O)(C1CC1)N1CCC(O)C1. The topological polar surface area (TPSA) is 57.6 Å². The van der Waals surface area contributed by atoms with Crippen molar-refractivity contribution in [1.29, 1.82) is 0 Å². The maximum absolute atomic E-state index is 11.6. The van der Waals surface area contributed by atoms with Crippen LogP contribution in [-0.2, 0) is 10.0 Å². The molecule has 12 heavy (non-hydrogen) atoms. The van der Waals surface area contributed by atoms with Crippen LogP contribution in [0, 0.1) is 0 Å². The third kappa shape index (κ3) is 1.36. The van der Waals surface area contributed by atoms with Crippen molar-refractivity contribution in [3.05, 3.63) is 0 Å². The minimum atomic E-state index is -3.03. The summed E-state index contributed by atoms with van der Waals surface area (Å²) in [5.74, 6) is 0. The zero-order chi connectivity index (χ0) is 8.77. The number of nitrogens with zero attached hydrogens (tertiary/aromatic N) is 1. The van der Waals surface area contributed by atoms with E-state index in [4.69, 9.17) is 5.11 Å². The largest absolute Gasteiger partial charge is 0.392 e. The maximum atomic E-state index is 11.6. The van der Waals surface area contributed by atoms with Crippen LogP contribution in [-0.4, -0.2) is 42.3 Å². The van der Waals surface area contributed by atoms with Crippen molar-refractivity contribution in [2.75, 3.05) is 13.1 Å². The van der Waals surface area contributed by atoms with E-state index in [2.05, 4.69) is 0 Å². The lowest BCUT2D eigenvalue weighted by molar-refractivity contribution is 0.189. The van der Waals surface area contributed by atoms with E-state index >= 15 is 0 Å². The summed E-state index contributed by atoms with van der Waals surface area (Å²) in [6.45, 7) is 0.804. The van der Waals surface area contributed by atoms with Crippen LogP contribution < -0.4 is 0 Å². The van der Waals surface area contributed by atoms with E-state index in [-0.39, 0.29) is 5.25 Å². The normalized spacial score (nSPS) is 32.6. The van der Waals surface area contributed by atoms with Gasteiger partial charge in [0.05, 0.1) is 11.4 Å². The van der Waals surface area contributed by atoms with E-state index in [0.717, 1.165) is 12.8 Å². The lowest BCUT2D eigenvalue weighted by atomic mass is 10.3. The van der Waals surface area contributed by atoms with Crippen LogP contribution in [0.3, 0.4) is 0 Å². The molecule has 1 saturated carbocycles. The van der Waals surface area contributed by atoms with E-state index in [1.54, 1.807) is 0 Å². The predicted octanol–water partition coefficient (Wildman–Crippen LogP) is -0.455. The summed E-state index contributed by atoms with van der Waals surface area (Å²) in [5.41, 5.74) is 0. The molecule has 0 aromatic carbocycles. The first-order valence-electron chi connectivity index (χ1n) is 4.28. The summed E-state index contributed by atoms with van der Waals surface area (Å²) >= 11 is 0. The Morgan fingerprint density at radius 1 is 1.25 bits per heavy atom. The Bertz CT molecular complexity index is 270. The predicted molar refractivity (Wildman–Crippen MR) is 44.1 cm³/mol. The number of aliphatic hydroxyl groups excluding tert-OH is 1. The Kier molecular flexibility index (Phi) is 1.89. The molecule has 0 bridgehead atoms. The molecule has 4 nitrogen and oxygen atoms in total. The van der Waals surface area contributed by atoms with E-state index in [0.29, 0.717) is 19.5 Å². The summed E-state index contributed by atoms with van der Waals surface area (Å²) in [6.07, 6.45) is 1.74. The van der Waals surface area contributed by atoms with E-state index in [9.17, 15) is 8.42 Å². The minimum Gasteiger partial charge on any atom is -0.392 e. The molecular weight excluding hydrogens is 178 g/mol. The molecule has 0 spiro atoms. The number of rotatable bonds is 2. The zero-order valence-electron chi connectivity index (χ0n) is 6.81. The van der Waals surface area contributed by atoms with Gasteiger partial charge >= 0.3 is 0 Å². The molecule has 2 rings (SSSR count). The van der Waals surface area contributed by atoms with Crippen molar-refractivity contribution in [2.24, 2.45) is 0 Å². The van der Waals surface area contributed by atoms with Gasteiger partial charge in [-0.3, -0.25) is 0 Å². The number of hydrogen-bond donors (Lipinski definition) is 1. The Morgan fingerprint density at radius 2 is 1.92 bits per heavy atom. The van der Waals surface area contributed by atoms with Gasteiger partial charge in [-0.05, 0) is 19.3 Å². The molecule has 1 heterocycles. The van der Waals surface area contributed by atoms with Gasteiger partial charge in [-0.15, -0.1) is 0 Å². The maximum Gasteiger partial charge on any atom is 0.217 e. The number of β-amino-alcohol motifs (C(OH)–C–C–N with tert-alkyl or cyclic N) is 1. The van der Waals surface area contributed by atoms with Gasteiger partial charge in [-0.1, -0.05) is 0 Å². The Hall–Kier alpha value is -0.130. The van der Waals surface area contributed by atoms with Crippen molar-refractivity contribution >= 4 is 10.0 Å². The first-order chi connectivity index (χ1) is 5.60. The van der Waals surface area contributed by atoms with Crippen molar-refractivity contribution < 1.29 is 13.5 Å². The van der Waals surface area contributed by atoms with Gasteiger partial charge < -0.3 is 5.11 Å². The molecule has 2 fully saturated rings. The lowest BCUT2D eigenvalue weighted by Crippen LogP contribution is -2.32. The second kappa shape index (κ2) is 2.68. The first kappa shape index (κ1) is 8.47. The van der Waals surface area contributed by atoms with Crippen LogP contribution in [0.25, 0.3) is 0 Å². The van der Waals surface area contributed by atoms with Gasteiger partial charge in [0.1, 0.15) is 0 Å². The second-order valence-corrected chi connectivity index (χ2v) is 5.76. The first-order valence-corrected chi connectivity index (χ1v) is 5.78. The highest BCUT2D eigenvalue weighted by Gasteiger charge is 2.42. The molecule has 70 valence electrons. The fourth-order valence-corrected chi connectivity index (χ4v) is 3.41.